The summed E-state index contributed by atoms with van der Waals surface area (Å²) in [6.45, 7) is -4.52. The summed E-state index contributed by atoms with van der Waals surface area (Å²) in [7, 11) is 0. The van der Waals surface area contributed by atoms with Gasteiger partial charge in [-0.15, -0.1) is 0 Å². The number of aliphatic hydroxyl groups excluding tert-OH is 27. The van der Waals surface area contributed by atoms with Gasteiger partial charge in [0.25, 0.3) is 6.47 Å². The van der Waals surface area contributed by atoms with Crippen LogP contribution in [0.25, 0.3) is 0 Å². The number of nitrogens with one attached hydrogen (secondary N) is 4. The van der Waals surface area contributed by atoms with E-state index < -0.39 is 408 Å². The van der Waals surface area contributed by atoms with Crippen molar-refractivity contribution in [3.05, 3.63) is 0 Å². The van der Waals surface area contributed by atoms with Crippen LogP contribution < -0.4 is 21.3 Å². The molecule has 51 atom stereocenters. The van der Waals surface area contributed by atoms with E-state index >= 15 is 0 Å². The van der Waals surface area contributed by atoms with E-state index in [0.29, 0.717) is 0 Å². The third kappa shape index (κ3) is 23.9. The van der Waals surface area contributed by atoms with E-state index in [4.69, 9.17) is 94.7 Å². The minimum Gasteiger partial charge on any atom is -0.410 e. The maximum absolute atomic E-state index is 13.2. The van der Waals surface area contributed by atoms with Crippen molar-refractivity contribution in [3.63, 3.8) is 0 Å². The highest BCUT2D eigenvalue weighted by Gasteiger charge is 2.62. The van der Waals surface area contributed by atoms with Gasteiger partial charge in [-0.2, -0.15) is 0 Å². The molecule has 0 aromatic carbocycles. The molecule has 0 aromatic rings. The predicted octanol–water partition coefficient (Wildman–Crippen LogP) is -20.6. The summed E-state index contributed by atoms with van der Waals surface area (Å²) in [5.74, 6) is -7.25. The van der Waals surface area contributed by atoms with Crippen molar-refractivity contribution >= 4 is 30.1 Å². The molecule has 0 radical (unpaired) electrons. The van der Waals surface area contributed by atoms with Crippen molar-refractivity contribution in [1.29, 1.82) is 0 Å². The highest BCUT2D eigenvalue weighted by Crippen LogP contribution is 2.43. The average Bonchev–Trinajstić information content (AvgIpc) is 0.804. The lowest BCUT2D eigenvalue weighted by atomic mass is 9.87. The smallest absolute Gasteiger partial charge is 0.332 e. The van der Waals surface area contributed by atoms with Gasteiger partial charge in [0.05, 0.1) is 96.8 Å². The van der Waals surface area contributed by atoms with Gasteiger partial charge in [0.2, 0.25) is 23.6 Å². The zero-order valence-electron chi connectivity index (χ0n) is 70.0. The number of hydrogen-bond acceptors (Lipinski definition) is 52. The molecule has 10 rings (SSSR count). The summed E-state index contributed by atoms with van der Waals surface area (Å²) < 4.78 is 119. The van der Waals surface area contributed by atoms with Crippen LogP contribution in [-0.2, 0) is 119 Å². The lowest BCUT2D eigenvalue weighted by Crippen LogP contribution is -2.71. The Morgan fingerprint density at radius 3 is 1.07 bits per heavy atom. The lowest BCUT2D eigenvalue weighted by molar-refractivity contribution is -0.424. The Morgan fingerprint density at radius 1 is 0.349 bits per heavy atom. The van der Waals surface area contributed by atoms with Crippen molar-refractivity contribution in [1.82, 2.24) is 21.3 Å². The minimum atomic E-state index is -2.66. The minimum absolute atomic E-state index is 0.192. The van der Waals surface area contributed by atoms with Crippen LogP contribution >= 0.6 is 0 Å². The second kappa shape index (κ2) is 46.6. The molecule has 56 heteroatoms. The van der Waals surface area contributed by atoms with Gasteiger partial charge < -0.3 is 254 Å². The van der Waals surface area contributed by atoms with Crippen molar-refractivity contribution < 1.29 is 257 Å². The first-order chi connectivity index (χ1) is 61.0. The Balaban J connectivity index is 0.954. The SMILES string of the molecule is CC(=O)NC1C(O)[C@H](O[C@@H]2OC(CO[C@]3(OC=O)C[C@@H](O)[C@@H](C)C([C@@H](O)C(O)CO)O3)[C@H](O)[C@H](O)C2O)[C@H](CO)O[C@H]1OC1[C@@H](OCC2O[C@@H](O[C@@H]3C(CO)O[C@@H](O[C@@H]4C(CO)O[C@@H](C)C(NC(C)=O)[C@H]4O)C(NC(C)=O)[C@H]3O)C(O)[C@@H](O[C@H]3OC(CO)[C@@H](O)C(O)C3O[C@@H]3OC(CO)[C@@H](O[C@@H]4OC(CO)[C@H](O)[C@H](O)C4O)[C@H](O)C3NC(C)=O)[C@@H]2O)OC(CO)[C@@H](O)[C@@H]1O. The summed E-state index contributed by atoms with van der Waals surface area (Å²) in [5.41, 5.74) is 0. The van der Waals surface area contributed by atoms with E-state index in [0.717, 1.165) is 27.7 Å². The molecule has 129 heavy (non-hydrogen) atoms. The largest absolute Gasteiger partial charge is 0.410 e. The van der Waals surface area contributed by atoms with Gasteiger partial charge >= 0.3 is 5.97 Å². The van der Waals surface area contributed by atoms with Gasteiger partial charge in [-0.1, -0.05) is 6.92 Å². The molecule has 56 nitrogen and oxygen atoms in total. The Kier molecular flexibility index (Phi) is 38.5. The predicted molar refractivity (Wildman–Crippen MR) is 399 cm³/mol. The summed E-state index contributed by atoms with van der Waals surface area (Å²) >= 11 is 0. The number of carbonyl (C=O) groups excluding carboxylic acids is 5. The Morgan fingerprint density at radius 2 is 0.667 bits per heavy atom. The van der Waals surface area contributed by atoms with Gasteiger partial charge in [0.1, 0.15) is 226 Å². The number of rotatable bonds is 36. The van der Waals surface area contributed by atoms with E-state index in [1.54, 1.807) is 0 Å². The molecule has 10 saturated heterocycles. The molecule has 10 aliphatic heterocycles. The number of ether oxygens (including phenoxy) is 20. The highest BCUT2D eigenvalue weighted by atomic mass is 16.9. The van der Waals surface area contributed by atoms with Crippen LogP contribution in [0.1, 0.15) is 48.0 Å². The summed E-state index contributed by atoms with van der Waals surface area (Å²) in [4.78, 5) is 63.5. The van der Waals surface area contributed by atoms with Gasteiger partial charge in [0.15, 0.2) is 50.3 Å². The van der Waals surface area contributed by atoms with E-state index in [2.05, 4.69) is 21.3 Å². The number of carbonyl (C=O) groups is 5. The first kappa shape index (κ1) is 107. The molecular formula is C73H122N4O52. The highest BCUT2D eigenvalue weighted by molar-refractivity contribution is 5.74. The van der Waals surface area contributed by atoms with Gasteiger partial charge in [-0.05, 0) is 6.92 Å². The molecule has 31 N–H and O–H groups in total. The van der Waals surface area contributed by atoms with Gasteiger partial charge in [-0.3, -0.25) is 24.0 Å². The van der Waals surface area contributed by atoms with Crippen molar-refractivity contribution in [3.8, 4) is 0 Å². The quantitative estimate of drug-likeness (QED) is 0.0205. The fourth-order valence-corrected chi connectivity index (χ4v) is 16.9. The van der Waals surface area contributed by atoms with Crippen LogP contribution in [0.3, 0.4) is 0 Å². The molecule has 10 fully saturated rings. The van der Waals surface area contributed by atoms with Crippen LogP contribution in [0.4, 0.5) is 0 Å². The Hall–Kier alpha value is -4.49. The first-order valence-corrected chi connectivity index (χ1v) is 41.4. The molecule has 4 amide bonds. The summed E-state index contributed by atoms with van der Waals surface area (Å²) in [6.07, 6.45) is -93.9. The monoisotopic (exact) mass is 1890 g/mol. The molecule has 746 valence electrons. The van der Waals surface area contributed by atoms with Gasteiger partial charge in [0, 0.05) is 33.6 Å². The molecule has 0 aliphatic carbocycles. The first-order valence-electron chi connectivity index (χ1n) is 41.4. The molecule has 10 aliphatic rings. The lowest BCUT2D eigenvalue weighted by Gasteiger charge is -2.51. The average molecular weight is 1890 g/mol. The number of aliphatic hydroxyl groups is 27. The number of hydrogen-bond donors (Lipinski definition) is 31. The second-order valence-corrected chi connectivity index (χ2v) is 33.0. The zero-order valence-corrected chi connectivity index (χ0v) is 70.0. The standard InChI is InChI=1S/C73H122N4O52/c1-19-25(91)7-73(112-18-86,129-57(19)40(93)26(92)8-78)111-17-35-44(97)51(104)55(108)69(121-35)124-60-32(14-84)118-66(38(48(60)101)76-23(5)89)127-63-52(105)42(95)28(10-80)115-71(63)110-16-34-45(98)62(56(109)70(120-34)125-61-33(15-85)117-65(37(47(61)100)75-22(4)88)122-58-30(12-82)113-20(2)36(46(58)99)74-21(3)87)126-72-64(53(106)43(96)29(11-81)116-72)128-67-39(77-24(6)90)49(102)59(31(13-83)119-67)123-68-54(107)50(103)41(94)27(9-79)114-68/h18-20,25-72,78-85,91-109H,7-17H2,1-6H3,(H,74,87)(H,75,88)(H,76,89)(H,77,90)/t19-,20+,25-,26?,27?,28?,29?,30?,31?,32+,33?,34?,35?,36?,37?,38?,39?,40+,41+,42-,43-,44+,45-,46-,47-,48?,49-,50+,51+,52+,53?,54?,55?,56?,57?,58-,59-,60-,61-,62+,63?,64?,65+,66+,67+,68+,69+,70+,71+,72-,73+/m1/s1. The maximum atomic E-state index is 13.2. The fraction of sp³-hybridized carbons (Fsp3) is 0.932. The molecular weight excluding hydrogens is 1760 g/mol. The molecule has 0 bridgehead atoms. The molecule has 0 spiro atoms. The molecule has 0 saturated carbocycles. The molecule has 10 heterocycles. The van der Waals surface area contributed by atoms with E-state index in [-0.39, 0.29) is 6.47 Å². The second-order valence-electron chi connectivity index (χ2n) is 33.0. The number of amides is 4. The molecule has 21 unspecified atom stereocenters. The Labute approximate surface area is 732 Å². The fourth-order valence-electron chi connectivity index (χ4n) is 16.9. The van der Waals surface area contributed by atoms with Crippen LogP contribution in [0, 0.1) is 5.92 Å². The zero-order chi connectivity index (χ0) is 95.1. The van der Waals surface area contributed by atoms with Crippen LogP contribution in [-0.4, -0.2) is 540 Å². The van der Waals surface area contributed by atoms with Gasteiger partial charge in [-0.25, -0.2) is 0 Å². The van der Waals surface area contributed by atoms with Crippen molar-refractivity contribution in [2.75, 3.05) is 66.1 Å². The van der Waals surface area contributed by atoms with E-state index in [1.807, 2.05) is 0 Å². The van der Waals surface area contributed by atoms with Crippen LogP contribution in [0.2, 0.25) is 0 Å². The summed E-state index contributed by atoms with van der Waals surface area (Å²) in [6, 6.07) is -7.13. The van der Waals surface area contributed by atoms with Crippen molar-refractivity contribution in [2.24, 2.45) is 5.92 Å². The van der Waals surface area contributed by atoms with Crippen LogP contribution in [0.5, 0.6) is 0 Å². The molecule has 0 aromatic heterocycles. The van der Waals surface area contributed by atoms with Crippen molar-refractivity contribution in [2.45, 2.75) is 354 Å². The Bertz CT molecular complexity index is 3520. The van der Waals surface area contributed by atoms with E-state index in [1.165, 1.54) is 13.8 Å². The maximum Gasteiger partial charge on any atom is 0.332 e. The van der Waals surface area contributed by atoms with E-state index in [9.17, 15) is 162 Å². The van der Waals surface area contributed by atoms with Crippen LogP contribution in [0.15, 0.2) is 0 Å². The third-order valence-electron chi connectivity index (χ3n) is 24.0. The third-order valence-corrected chi connectivity index (χ3v) is 24.0. The normalized spacial score (nSPS) is 48.1. The summed E-state index contributed by atoms with van der Waals surface area (Å²) in [5, 5.41) is 312. The topological polar surface area (TPSA) is 864 Å².